The van der Waals surface area contributed by atoms with Gasteiger partial charge in [0.05, 0.1) is 12.3 Å². The molecule has 6 heteroatoms. The Morgan fingerprint density at radius 1 is 1.16 bits per heavy atom. The lowest BCUT2D eigenvalue weighted by molar-refractivity contribution is 0.0980. The summed E-state index contributed by atoms with van der Waals surface area (Å²) in [5, 5.41) is 0. The largest absolute Gasteiger partial charge is 0.493 e. The lowest BCUT2D eigenvalue weighted by Crippen LogP contribution is -2.37. The van der Waals surface area contributed by atoms with E-state index in [1.54, 1.807) is 4.90 Å². The summed E-state index contributed by atoms with van der Waals surface area (Å²) in [6.07, 6.45) is 1.75. The van der Waals surface area contributed by atoms with Crippen molar-refractivity contribution in [2.24, 2.45) is 5.92 Å². The molecule has 1 fully saturated rings. The molecule has 0 radical (unpaired) electrons. The Bertz CT molecular complexity index is 960. The van der Waals surface area contributed by atoms with Crippen LogP contribution in [0.5, 0.6) is 5.75 Å². The lowest BCUT2D eigenvalue weighted by Gasteiger charge is -2.30. The molecular weight excluding hydrogens is 393 g/mol. The molecule has 0 bridgehead atoms. The van der Waals surface area contributed by atoms with Gasteiger partial charge in [0.1, 0.15) is 11.6 Å². The minimum absolute atomic E-state index is 0.0855. The molecule has 0 N–H and O–H groups in total. The molecule has 1 amide bonds. The van der Waals surface area contributed by atoms with Gasteiger partial charge >= 0.3 is 0 Å². The molecule has 2 aliphatic heterocycles. The number of ether oxygens (including phenoxy) is 1. The van der Waals surface area contributed by atoms with E-state index in [0.29, 0.717) is 42.0 Å². The zero-order valence-corrected chi connectivity index (χ0v) is 18.9. The molecule has 0 spiro atoms. The second kappa shape index (κ2) is 8.87. The van der Waals surface area contributed by atoms with Gasteiger partial charge < -0.3 is 19.4 Å². The van der Waals surface area contributed by atoms with Crippen molar-refractivity contribution < 1.29 is 13.9 Å². The van der Waals surface area contributed by atoms with Gasteiger partial charge in [0.2, 0.25) is 0 Å². The molecule has 0 aliphatic carbocycles. The molecule has 166 valence electrons. The molecule has 2 aromatic carbocycles. The van der Waals surface area contributed by atoms with Crippen LogP contribution in [-0.4, -0.2) is 57.2 Å². The van der Waals surface area contributed by atoms with Gasteiger partial charge in [-0.3, -0.25) is 4.79 Å². The van der Waals surface area contributed by atoms with Crippen LogP contribution in [0.2, 0.25) is 0 Å². The molecular formula is C25H32FN3O2. The van der Waals surface area contributed by atoms with Crippen LogP contribution in [0, 0.1) is 11.7 Å². The highest BCUT2D eigenvalue weighted by atomic mass is 19.1. The summed E-state index contributed by atoms with van der Waals surface area (Å²) in [6.45, 7) is 7.06. The van der Waals surface area contributed by atoms with Crippen LogP contribution >= 0.6 is 0 Å². The molecule has 1 saturated heterocycles. The maximum absolute atomic E-state index is 15.0. The van der Waals surface area contributed by atoms with Gasteiger partial charge in [-0.25, -0.2) is 4.39 Å². The van der Waals surface area contributed by atoms with Gasteiger partial charge in [-0.15, -0.1) is 0 Å². The fourth-order valence-electron chi connectivity index (χ4n) is 4.37. The first-order valence-corrected chi connectivity index (χ1v) is 11.1. The number of anilines is 2. The van der Waals surface area contributed by atoms with E-state index in [-0.39, 0.29) is 11.7 Å². The number of benzene rings is 2. The third kappa shape index (κ3) is 4.54. The maximum Gasteiger partial charge on any atom is 0.258 e. The number of amides is 1. The Labute approximate surface area is 184 Å². The average molecular weight is 426 g/mol. The fourth-order valence-corrected chi connectivity index (χ4v) is 4.37. The normalized spacial score (nSPS) is 18.8. The molecule has 2 heterocycles. The minimum atomic E-state index is -0.270. The highest BCUT2D eigenvalue weighted by Gasteiger charge is 2.29. The summed E-state index contributed by atoms with van der Waals surface area (Å²) in [6, 6.07) is 11.3. The first-order chi connectivity index (χ1) is 14.8. The van der Waals surface area contributed by atoms with Crippen LogP contribution in [-0.2, 0) is 6.42 Å². The molecule has 31 heavy (non-hydrogen) atoms. The number of carbonyl (C=O) groups is 1. The third-order valence-electron chi connectivity index (χ3n) is 6.22. The van der Waals surface area contributed by atoms with E-state index in [2.05, 4.69) is 37.7 Å². The number of fused-ring (bicyclic) bond motifs is 1. The van der Waals surface area contributed by atoms with Gasteiger partial charge in [-0.2, -0.15) is 0 Å². The Hall–Kier alpha value is -2.60. The molecule has 1 atom stereocenters. The van der Waals surface area contributed by atoms with E-state index in [1.807, 2.05) is 30.3 Å². The zero-order chi connectivity index (χ0) is 22.1. The number of halogens is 1. The Morgan fingerprint density at radius 3 is 2.65 bits per heavy atom. The Balaban J connectivity index is 1.50. The standard InChI is InChI=1S/C25H32FN3O2/c1-17(2)16-31-21-6-7-22-18(13-21)9-12-29(25(22)30)19-5-8-24(23(26)14-19)28-11-10-20(15-28)27(3)4/h5-8,13-14,17,20H,9-12,15-16H2,1-4H3/t20-/m1/s1. The number of hydrogen-bond donors (Lipinski definition) is 0. The molecule has 5 nitrogen and oxygen atoms in total. The van der Waals surface area contributed by atoms with Crippen LogP contribution in [0.25, 0.3) is 0 Å². The smallest absolute Gasteiger partial charge is 0.258 e. The van der Waals surface area contributed by atoms with Crippen LogP contribution in [0.3, 0.4) is 0 Å². The second-order valence-corrected chi connectivity index (χ2v) is 9.22. The van der Waals surface area contributed by atoms with Crippen molar-refractivity contribution in [1.82, 2.24) is 4.90 Å². The maximum atomic E-state index is 15.0. The minimum Gasteiger partial charge on any atom is -0.493 e. The first kappa shape index (κ1) is 21.6. The van der Waals surface area contributed by atoms with Crippen molar-refractivity contribution in [2.45, 2.75) is 32.7 Å². The van der Waals surface area contributed by atoms with E-state index >= 15 is 4.39 Å². The van der Waals surface area contributed by atoms with Crippen LogP contribution in [0.4, 0.5) is 15.8 Å². The van der Waals surface area contributed by atoms with Gasteiger partial charge in [0.15, 0.2) is 0 Å². The Morgan fingerprint density at radius 2 is 1.97 bits per heavy atom. The SMILES string of the molecule is CC(C)COc1ccc2c(c1)CCN(c1ccc(N3CC[C@@H](N(C)C)C3)c(F)c1)C2=O. The molecule has 4 rings (SSSR count). The molecule has 0 unspecified atom stereocenters. The van der Waals surface area contributed by atoms with Crippen molar-refractivity contribution in [3.05, 3.63) is 53.3 Å². The van der Waals surface area contributed by atoms with E-state index in [9.17, 15) is 4.79 Å². The first-order valence-electron chi connectivity index (χ1n) is 11.1. The fraction of sp³-hybridized carbons (Fsp3) is 0.480. The number of rotatable bonds is 6. The monoisotopic (exact) mass is 425 g/mol. The van der Waals surface area contributed by atoms with Gasteiger partial charge in [-0.05, 0) is 74.8 Å². The predicted octanol–water partition coefficient (Wildman–Crippen LogP) is 4.20. The molecule has 0 saturated carbocycles. The van der Waals surface area contributed by atoms with Crippen LogP contribution in [0.15, 0.2) is 36.4 Å². The summed E-state index contributed by atoms with van der Waals surface area (Å²) in [5.41, 5.74) is 2.89. The van der Waals surface area contributed by atoms with Gasteiger partial charge in [0, 0.05) is 36.9 Å². The quantitative estimate of drug-likeness (QED) is 0.695. The number of carbonyl (C=O) groups excluding carboxylic acids is 1. The van der Waals surface area contributed by atoms with E-state index in [0.717, 1.165) is 37.2 Å². The lowest BCUT2D eigenvalue weighted by atomic mass is 9.98. The summed E-state index contributed by atoms with van der Waals surface area (Å²) in [5.74, 6) is 0.886. The van der Waals surface area contributed by atoms with E-state index in [4.69, 9.17) is 4.74 Å². The molecule has 2 aliphatic rings. The number of hydrogen-bond acceptors (Lipinski definition) is 4. The topological polar surface area (TPSA) is 36.0 Å². The molecule has 0 aromatic heterocycles. The number of likely N-dealkylation sites (N-methyl/N-ethyl adjacent to an activating group) is 1. The van der Waals surface area contributed by atoms with Crippen molar-refractivity contribution >= 4 is 17.3 Å². The van der Waals surface area contributed by atoms with E-state index in [1.165, 1.54) is 6.07 Å². The summed E-state index contributed by atoms with van der Waals surface area (Å²) < 4.78 is 20.8. The van der Waals surface area contributed by atoms with Crippen molar-refractivity contribution in [2.75, 3.05) is 50.1 Å². The number of nitrogens with zero attached hydrogens (tertiary/aromatic N) is 3. The third-order valence-corrected chi connectivity index (χ3v) is 6.22. The van der Waals surface area contributed by atoms with Gasteiger partial charge in [-0.1, -0.05) is 13.8 Å². The highest BCUT2D eigenvalue weighted by molar-refractivity contribution is 6.08. The average Bonchev–Trinajstić information content (AvgIpc) is 3.22. The van der Waals surface area contributed by atoms with Crippen molar-refractivity contribution in [1.29, 1.82) is 0 Å². The molecule has 2 aromatic rings. The predicted molar refractivity (Wildman–Crippen MR) is 123 cm³/mol. The van der Waals surface area contributed by atoms with Gasteiger partial charge in [0.25, 0.3) is 5.91 Å². The van der Waals surface area contributed by atoms with E-state index < -0.39 is 0 Å². The summed E-state index contributed by atoms with van der Waals surface area (Å²) >= 11 is 0. The summed E-state index contributed by atoms with van der Waals surface area (Å²) in [4.78, 5) is 19.1. The zero-order valence-electron chi connectivity index (χ0n) is 18.9. The van der Waals surface area contributed by atoms with Crippen LogP contribution in [0.1, 0.15) is 36.2 Å². The Kier molecular flexibility index (Phi) is 6.19. The van der Waals surface area contributed by atoms with Crippen molar-refractivity contribution in [3.8, 4) is 5.75 Å². The highest BCUT2D eigenvalue weighted by Crippen LogP contribution is 2.32. The van der Waals surface area contributed by atoms with Crippen molar-refractivity contribution in [3.63, 3.8) is 0 Å². The van der Waals surface area contributed by atoms with Crippen LogP contribution < -0.4 is 14.5 Å². The second-order valence-electron chi connectivity index (χ2n) is 9.22. The summed E-state index contributed by atoms with van der Waals surface area (Å²) in [7, 11) is 4.12.